The highest BCUT2D eigenvalue weighted by atomic mass is 35.5. The van der Waals surface area contributed by atoms with Crippen molar-refractivity contribution in [3.8, 4) is 5.75 Å². The van der Waals surface area contributed by atoms with Gasteiger partial charge in [-0.25, -0.2) is 5.43 Å². The number of carbonyl (C=O) groups is 1. The van der Waals surface area contributed by atoms with E-state index in [0.717, 1.165) is 16.3 Å². The molecule has 0 bridgehead atoms. The van der Waals surface area contributed by atoms with E-state index in [2.05, 4.69) is 10.5 Å². The summed E-state index contributed by atoms with van der Waals surface area (Å²) in [6.45, 7) is 0. The van der Waals surface area contributed by atoms with Crippen LogP contribution in [0.5, 0.6) is 5.75 Å². The van der Waals surface area contributed by atoms with Crippen molar-refractivity contribution in [1.29, 1.82) is 0 Å². The van der Waals surface area contributed by atoms with Crippen molar-refractivity contribution < 1.29 is 9.90 Å². The second kappa shape index (κ2) is 7.64. The van der Waals surface area contributed by atoms with Gasteiger partial charge >= 0.3 is 0 Å². The molecule has 25 heavy (non-hydrogen) atoms. The van der Waals surface area contributed by atoms with Gasteiger partial charge < -0.3 is 5.11 Å². The number of fused-ring (bicyclic) bond motifs is 1. The molecule has 0 saturated heterocycles. The Kier molecular flexibility index (Phi) is 5.11. The molecule has 3 rings (SSSR count). The second-order valence-electron chi connectivity index (χ2n) is 5.36. The second-order valence-corrected chi connectivity index (χ2v) is 5.79. The zero-order valence-electron chi connectivity index (χ0n) is 13.2. The van der Waals surface area contributed by atoms with Gasteiger partial charge in [0.15, 0.2) is 0 Å². The Labute approximate surface area is 150 Å². The van der Waals surface area contributed by atoms with E-state index < -0.39 is 5.91 Å². The molecule has 0 atom stereocenters. The van der Waals surface area contributed by atoms with E-state index in [4.69, 9.17) is 11.6 Å². The van der Waals surface area contributed by atoms with Gasteiger partial charge in [-0.1, -0.05) is 66.2 Å². The number of benzene rings is 3. The number of halogens is 1. The molecule has 0 fully saturated rings. The van der Waals surface area contributed by atoms with Crippen molar-refractivity contribution in [1.82, 2.24) is 5.43 Å². The van der Waals surface area contributed by atoms with Crippen molar-refractivity contribution in [2.45, 2.75) is 0 Å². The number of phenolic OH excluding ortho intramolecular Hbond substituents is 1. The number of nitrogens with one attached hydrogen (secondary N) is 1. The Bertz CT molecular complexity index is 966. The molecule has 0 aliphatic rings. The normalized spacial score (nSPS) is 11.8. The van der Waals surface area contributed by atoms with Crippen molar-refractivity contribution in [3.05, 3.63) is 82.9 Å². The van der Waals surface area contributed by atoms with E-state index in [-0.39, 0.29) is 11.3 Å². The standard InChI is InChI=1S/C20H15ClN2O2/c21-17(10-14-6-2-1-3-7-14)13-22-23-20(25)18-11-15-8-4-5-9-16(15)12-19(18)24/h1-13,24H,(H,23,25). The molecule has 124 valence electrons. The number of aromatic hydroxyl groups is 1. The Hall–Kier alpha value is -3.11. The van der Waals surface area contributed by atoms with E-state index >= 15 is 0 Å². The molecule has 0 heterocycles. The van der Waals surface area contributed by atoms with Gasteiger partial charge in [0.25, 0.3) is 5.91 Å². The molecule has 5 heteroatoms. The minimum Gasteiger partial charge on any atom is -0.507 e. The molecule has 2 N–H and O–H groups in total. The summed E-state index contributed by atoms with van der Waals surface area (Å²) < 4.78 is 0. The number of rotatable bonds is 4. The Morgan fingerprint density at radius 2 is 1.64 bits per heavy atom. The van der Waals surface area contributed by atoms with Crippen LogP contribution in [0.1, 0.15) is 15.9 Å². The third-order valence-electron chi connectivity index (χ3n) is 3.57. The van der Waals surface area contributed by atoms with Crippen LogP contribution < -0.4 is 5.43 Å². The smallest absolute Gasteiger partial charge is 0.275 e. The average Bonchev–Trinajstić information content (AvgIpc) is 2.61. The molecule has 0 radical (unpaired) electrons. The number of hydrogen-bond acceptors (Lipinski definition) is 3. The maximum Gasteiger partial charge on any atom is 0.275 e. The average molecular weight is 351 g/mol. The van der Waals surface area contributed by atoms with Crippen molar-refractivity contribution in [3.63, 3.8) is 0 Å². The van der Waals surface area contributed by atoms with Gasteiger partial charge in [0.05, 0.1) is 16.8 Å². The number of amides is 1. The van der Waals surface area contributed by atoms with E-state index in [1.807, 2.05) is 54.6 Å². The summed E-state index contributed by atoms with van der Waals surface area (Å²) in [5.41, 5.74) is 3.45. The Morgan fingerprint density at radius 1 is 1.00 bits per heavy atom. The van der Waals surface area contributed by atoms with Gasteiger partial charge in [0.1, 0.15) is 5.75 Å². The lowest BCUT2D eigenvalue weighted by atomic mass is 10.1. The van der Waals surface area contributed by atoms with Crippen LogP contribution in [0.3, 0.4) is 0 Å². The van der Waals surface area contributed by atoms with Crippen LogP contribution in [0.15, 0.2) is 76.9 Å². The molecular weight excluding hydrogens is 336 g/mol. The SMILES string of the molecule is O=C(NN=CC(Cl)=Cc1ccccc1)c1cc2ccccc2cc1O. The first-order valence-corrected chi connectivity index (χ1v) is 7.99. The predicted octanol–water partition coefficient (Wildman–Crippen LogP) is 4.54. The lowest BCUT2D eigenvalue weighted by Gasteiger charge is -2.05. The Morgan fingerprint density at radius 3 is 2.36 bits per heavy atom. The molecule has 0 saturated carbocycles. The fraction of sp³-hybridized carbons (Fsp3) is 0. The lowest BCUT2D eigenvalue weighted by Crippen LogP contribution is -2.17. The number of nitrogens with zero attached hydrogens (tertiary/aromatic N) is 1. The summed E-state index contributed by atoms with van der Waals surface area (Å²) in [6, 6.07) is 20.2. The van der Waals surface area contributed by atoms with Crippen molar-refractivity contribution in [2.24, 2.45) is 5.10 Å². The fourth-order valence-electron chi connectivity index (χ4n) is 2.37. The summed E-state index contributed by atoms with van der Waals surface area (Å²) in [7, 11) is 0. The van der Waals surface area contributed by atoms with Gasteiger partial charge in [-0.3, -0.25) is 4.79 Å². The van der Waals surface area contributed by atoms with Gasteiger partial charge in [-0.2, -0.15) is 5.10 Å². The highest BCUT2D eigenvalue weighted by Gasteiger charge is 2.11. The van der Waals surface area contributed by atoms with Crippen LogP contribution in [0, 0.1) is 0 Å². The minimum atomic E-state index is -0.510. The summed E-state index contributed by atoms with van der Waals surface area (Å²) in [4.78, 5) is 12.2. The van der Waals surface area contributed by atoms with Crippen LogP contribution in [0.25, 0.3) is 16.8 Å². The van der Waals surface area contributed by atoms with Crippen LogP contribution in [0.2, 0.25) is 0 Å². The van der Waals surface area contributed by atoms with Crippen molar-refractivity contribution in [2.75, 3.05) is 0 Å². The topological polar surface area (TPSA) is 61.7 Å². The lowest BCUT2D eigenvalue weighted by molar-refractivity contribution is 0.0952. The van der Waals surface area contributed by atoms with Crippen LogP contribution in [-0.2, 0) is 0 Å². The van der Waals surface area contributed by atoms with E-state index in [9.17, 15) is 9.90 Å². The Balaban J connectivity index is 1.72. The number of phenols is 1. The number of hydrazone groups is 1. The zero-order chi connectivity index (χ0) is 17.6. The molecule has 3 aromatic rings. The van der Waals surface area contributed by atoms with Gasteiger partial charge in [-0.15, -0.1) is 0 Å². The highest BCUT2D eigenvalue weighted by Crippen LogP contribution is 2.24. The molecule has 0 aromatic heterocycles. The number of carbonyl (C=O) groups excluding carboxylic acids is 1. The largest absolute Gasteiger partial charge is 0.507 e. The first kappa shape index (κ1) is 16.7. The first-order chi connectivity index (χ1) is 12.1. The zero-order valence-corrected chi connectivity index (χ0v) is 13.9. The molecule has 0 aliphatic carbocycles. The highest BCUT2D eigenvalue weighted by molar-refractivity contribution is 6.41. The monoisotopic (exact) mass is 350 g/mol. The summed E-state index contributed by atoms with van der Waals surface area (Å²) in [5, 5.41) is 15.9. The molecule has 4 nitrogen and oxygen atoms in total. The molecule has 3 aromatic carbocycles. The van der Waals surface area contributed by atoms with Crippen LogP contribution >= 0.6 is 11.6 Å². The fourth-order valence-corrected chi connectivity index (χ4v) is 2.54. The maximum atomic E-state index is 12.2. The summed E-state index contributed by atoms with van der Waals surface area (Å²) in [5.74, 6) is -0.610. The minimum absolute atomic E-state index is 0.0997. The molecule has 0 unspecified atom stereocenters. The molecular formula is C20H15ClN2O2. The first-order valence-electron chi connectivity index (χ1n) is 7.61. The van der Waals surface area contributed by atoms with Gasteiger partial charge in [0, 0.05) is 0 Å². The summed E-state index contributed by atoms with van der Waals surface area (Å²) in [6.07, 6.45) is 3.06. The third-order valence-corrected chi connectivity index (χ3v) is 3.77. The van der Waals surface area contributed by atoms with E-state index in [0.29, 0.717) is 5.03 Å². The molecule has 1 amide bonds. The predicted molar refractivity (Wildman–Crippen MR) is 102 cm³/mol. The van der Waals surface area contributed by atoms with E-state index in [1.54, 1.807) is 18.2 Å². The van der Waals surface area contributed by atoms with E-state index in [1.165, 1.54) is 6.21 Å². The summed E-state index contributed by atoms with van der Waals surface area (Å²) >= 11 is 6.07. The number of allylic oxidation sites excluding steroid dienone is 1. The third kappa shape index (κ3) is 4.25. The van der Waals surface area contributed by atoms with Crippen LogP contribution in [0.4, 0.5) is 0 Å². The molecule has 0 spiro atoms. The number of hydrogen-bond donors (Lipinski definition) is 2. The maximum absolute atomic E-state index is 12.2. The quantitative estimate of drug-likeness (QED) is 0.536. The van der Waals surface area contributed by atoms with Gasteiger partial charge in [0.2, 0.25) is 0 Å². The van der Waals surface area contributed by atoms with Crippen LogP contribution in [-0.4, -0.2) is 17.2 Å². The van der Waals surface area contributed by atoms with Crippen molar-refractivity contribution >= 4 is 40.6 Å². The van der Waals surface area contributed by atoms with Gasteiger partial charge in [-0.05, 0) is 34.5 Å². The molecule has 0 aliphatic heterocycles.